The molecule has 3 aromatic rings. The molecule has 0 aliphatic heterocycles. The van der Waals surface area contributed by atoms with Gasteiger partial charge in [0.25, 0.3) is 0 Å². The van der Waals surface area contributed by atoms with E-state index in [9.17, 15) is 0 Å². The largest absolute Gasteiger partial charge is 0.325 e. The Morgan fingerprint density at radius 3 is 2.63 bits per heavy atom. The van der Waals surface area contributed by atoms with E-state index in [1.165, 1.54) is 0 Å². The van der Waals surface area contributed by atoms with Gasteiger partial charge in [0.2, 0.25) is 0 Å². The van der Waals surface area contributed by atoms with Gasteiger partial charge in [-0.15, -0.1) is 16.4 Å². The van der Waals surface area contributed by atoms with Crippen LogP contribution in [0.5, 0.6) is 0 Å². The van der Waals surface area contributed by atoms with Crippen LogP contribution in [-0.2, 0) is 6.54 Å². The molecule has 2 heterocycles. The number of benzene rings is 1. The maximum Gasteiger partial charge on any atom is 0.109 e. The summed E-state index contributed by atoms with van der Waals surface area (Å²) in [5.41, 5.74) is 8.39. The van der Waals surface area contributed by atoms with E-state index in [2.05, 4.69) is 10.3 Å². The first-order valence-corrected chi connectivity index (χ1v) is 7.00. The van der Waals surface area contributed by atoms with Gasteiger partial charge in [0.1, 0.15) is 11.4 Å². The van der Waals surface area contributed by atoms with E-state index in [0.29, 0.717) is 11.6 Å². The second kappa shape index (κ2) is 5.13. The summed E-state index contributed by atoms with van der Waals surface area (Å²) in [5, 5.41) is 11.1. The fourth-order valence-corrected chi connectivity index (χ4v) is 2.78. The average Bonchev–Trinajstić information content (AvgIpc) is 3.07. The topological polar surface area (TPSA) is 56.7 Å². The molecule has 0 aliphatic rings. The lowest BCUT2D eigenvalue weighted by atomic mass is 10.2. The number of hydrogen-bond donors (Lipinski definition) is 1. The monoisotopic (exact) mass is 290 g/mol. The van der Waals surface area contributed by atoms with Gasteiger partial charge in [0.05, 0.1) is 10.6 Å². The van der Waals surface area contributed by atoms with Crippen LogP contribution in [0.2, 0.25) is 5.02 Å². The predicted molar refractivity (Wildman–Crippen MR) is 77.6 cm³/mol. The second-order valence-electron chi connectivity index (χ2n) is 3.95. The molecule has 0 aliphatic carbocycles. The number of nitrogens with zero attached hydrogens (tertiary/aromatic N) is 3. The summed E-state index contributed by atoms with van der Waals surface area (Å²) >= 11 is 7.55. The van der Waals surface area contributed by atoms with Crippen molar-refractivity contribution in [3.63, 3.8) is 0 Å². The van der Waals surface area contributed by atoms with Crippen LogP contribution in [0.15, 0.2) is 41.8 Å². The molecule has 19 heavy (non-hydrogen) atoms. The van der Waals surface area contributed by atoms with Gasteiger partial charge in [0.15, 0.2) is 0 Å². The zero-order valence-corrected chi connectivity index (χ0v) is 11.5. The van der Waals surface area contributed by atoms with Crippen molar-refractivity contribution >= 4 is 22.9 Å². The zero-order valence-electron chi connectivity index (χ0n) is 9.95. The van der Waals surface area contributed by atoms with Gasteiger partial charge in [-0.05, 0) is 35.7 Å². The Bertz CT molecular complexity index is 673. The van der Waals surface area contributed by atoms with Crippen LogP contribution in [0.1, 0.15) is 5.69 Å². The summed E-state index contributed by atoms with van der Waals surface area (Å²) in [7, 11) is 0. The number of hydrogen-bond acceptors (Lipinski definition) is 4. The van der Waals surface area contributed by atoms with E-state index in [-0.39, 0.29) is 0 Å². The lowest BCUT2D eigenvalue weighted by molar-refractivity contribution is 0.800. The minimum Gasteiger partial charge on any atom is -0.325 e. The minimum absolute atomic E-state index is 0.362. The highest BCUT2D eigenvalue weighted by Crippen LogP contribution is 2.29. The van der Waals surface area contributed by atoms with Crippen molar-refractivity contribution < 1.29 is 0 Å². The first-order valence-electron chi connectivity index (χ1n) is 5.74. The molecule has 0 unspecified atom stereocenters. The van der Waals surface area contributed by atoms with Crippen LogP contribution in [0, 0.1) is 0 Å². The molecule has 0 radical (unpaired) electrons. The number of aromatic nitrogens is 3. The second-order valence-corrected chi connectivity index (χ2v) is 5.34. The minimum atomic E-state index is 0.362. The van der Waals surface area contributed by atoms with Crippen molar-refractivity contribution in [2.75, 3.05) is 0 Å². The van der Waals surface area contributed by atoms with Gasteiger partial charge in [-0.1, -0.05) is 22.9 Å². The smallest absolute Gasteiger partial charge is 0.109 e. The van der Waals surface area contributed by atoms with E-state index in [1.807, 2.05) is 41.8 Å². The summed E-state index contributed by atoms with van der Waals surface area (Å²) in [6, 6.07) is 11.5. The molecule has 2 aromatic heterocycles. The van der Waals surface area contributed by atoms with E-state index < -0.39 is 0 Å². The van der Waals surface area contributed by atoms with Gasteiger partial charge in [-0.2, -0.15) is 0 Å². The van der Waals surface area contributed by atoms with Crippen molar-refractivity contribution in [2.24, 2.45) is 5.73 Å². The number of halogens is 1. The Hall–Kier alpha value is -1.69. The highest BCUT2D eigenvalue weighted by molar-refractivity contribution is 7.13. The van der Waals surface area contributed by atoms with Crippen LogP contribution in [0.4, 0.5) is 0 Å². The number of thiophene rings is 1. The molecule has 1 aromatic carbocycles. The van der Waals surface area contributed by atoms with Crippen LogP contribution in [-0.4, -0.2) is 15.0 Å². The summed E-state index contributed by atoms with van der Waals surface area (Å²) in [6.07, 6.45) is 0. The fourth-order valence-electron chi connectivity index (χ4n) is 1.87. The van der Waals surface area contributed by atoms with E-state index >= 15 is 0 Å². The standard InChI is InChI=1S/C13H11ClN4S/c14-9-3-5-10(6-4-9)18-13(11(8-15)16-17-18)12-2-1-7-19-12/h1-7H,8,15H2. The molecule has 4 nitrogen and oxygen atoms in total. The van der Waals surface area contributed by atoms with Crippen LogP contribution in [0.3, 0.4) is 0 Å². The summed E-state index contributed by atoms with van der Waals surface area (Å²) in [5.74, 6) is 0. The van der Waals surface area contributed by atoms with Crippen molar-refractivity contribution in [2.45, 2.75) is 6.54 Å². The maximum absolute atomic E-state index is 5.91. The maximum atomic E-state index is 5.91. The first kappa shape index (κ1) is 12.3. The van der Waals surface area contributed by atoms with Gasteiger partial charge in [-0.3, -0.25) is 0 Å². The molecule has 0 spiro atoms. The van der Waals surface area contributed by atoms with Gasteiger partial charge < -0.3 is 5.73 Å². The Labute approximate surface area is 119 Å². The summed E-state index contributed by atoms with van der Waals surface area (Å²) in [4.78, 5) is 1.10. The molecule has 0 saturated heterocycles. The molecular weight excluding hydrogens is 280 g/mol. The zero-order chi connectivity index (χ0) is 13.2. The lowest BCUT2D eigenvalue weighted by Gasteiger charge is -2.06. The highest BCUT2D eigenvalue weighted by Gasteiger charge is 2.15. The molecule has 0 atom stereocenters. The lowest BCUT2D eigenvalue weighted by Crippen LogP contribution is -2.01. The Morgan fingerprint density at radius 2 is 2.00 bits per heavy atom. The summed E-state index contributed by atoms with van der Waals surface area (Å²) < 4.78 is 1.80. The highest BCUT2D eigenvalue weighted by atomic mass is 35.5. The third-order valence-corrected chi connectivity index (χ3v) is 3.89. The van der Waals surface area contributed by atoms with E-state index in [1.54, 1.807) is 16.0 Å². The van der Waals surface area contributed by atoms with E-state index in [4.69, 9.17) is 17.3 Å². The third kappa shape index (κ3) is 2.28. The Balaban J connectivity index is 2.17. The normalized spacial score (nSPS) is 10.8. The first-order chi connectivity index (χ1) is 9.29. The molecule has 0 amide bonds. The van der Waals surface area contributed by atoms with Crippen LogP contribution >= 0.6 is 22.9 Å². The van der Waals surface area contributed by atoms with Gasteiger partial charge in [0, 0.05) is 11.6 Å². The SMILES string of the molecule is NCc1nnn(-c2ccc(Cl)cc2)c1-c1cccs1. The Kier molecular flexibility index (Phi) is 3.33. The molecule has 0 saturated carbocycles. The molecule has 6 heteroatoms. The van der Waals surface area contributed by atoms with Crippen molar-refractivity contribution in [1.82, 2.24) is 15.0 Å². The number of rotatable bonds is 3. The third-order valence-electron chi connectivity index (χ3n) is 2.76. The molecule has 2 N–H and O–H groups in total. The quantitative estimate of drug-likeness (QED) is 0.806. The predicted octanol–water partition coefficient (Wildman–Crippen LogP) is 3.11. The molecule has 96 valence electrons. The average molecular weight is 291 g/mol. The Morgan fingerprint density at radius 1 is 1.21 bits per heavy atom. The van der Waals surface area contributed by atoms with Crippen LogP contribution < -0.4 is 5.73 Å². The molecular formula is C13H11ClN4S. The van der Waals surface area contributed by atoms with Crippen molar-refractivity contribution in [3.05, 3.63) is 52.5 Å². The molecule has 3 rings (SSSR count). The molecule has 0 fully saturated rings. The van der Waals surface area contributed by atoms with Gasteiger partial charge >= 0.3 is 0 Å². The summed E-state index contributed by atoms with van der Waals surface area (Å²) in [6.45, 7) is 0.362. The molecule has 0 bridgehead atoms. The van der Waals surface area contributed by atoms with E-state index in [0.717, 1.165) is 22.0 Å². The van der Waals surface area contributed by atoms with Crippen molar-refractivity contribution in [3.8, 4) is 16.3 Å². The number of nitrogens with two attached hydrogens (primary N) is 1. The fraction of sp³-hybridized carbons (Fsp3) is 0.0769. The van der Waals surface area contributed by atoms with Crippen LogP contribution in [0.25, 0.3) is 16.3 Å². The van der Waals surface area contributed by atoms with Gasteiger partial charge in [-0.25, -0.2) is 4.68 Å². The van der Waals surface area contributed by atoms with Crippen molar-refractivity contribution in [1.29, 1.82) is 0 Å².